The number of anilines is 1. The quantitative estimate of drug-likeness (QED) is 0.897. The van der Waals surface area contributed by atoms with Crippen molar-refractivity contribution in [1.82, 2.24) is 14.9 Å². The van der Waals surface area contributed by atoms with Crippen LogP contribution in [0.1, 0.15) is 40.3 Å². The van der Waals surface area contributed by atoms with Gasteiger partial charge in [0.1, 0.15) is 5.82 Å². The maximum atomic E-state index is 12.4. The fraction of sp³-hybridized carbons (Fsp3) is 0.550. The highest BCUT2D eigenvalue weighted by Gasteiger charge is 2.46. The van der Waals surface area contributed by atoms with E-state index >= 15 is 0 Å². The molecule has 5 heteroatoms. The molecule has 5 nitrogen and oxygen atoms in total. The first-order valence-electron chi connectivity index (χ1n) is 9.03. The van der Waals surface area contributed by atoms with Crippen molar-refractivity contribution in [3.05, 3.63) is 41.4 Å². The van der Waals surface area contributed by atoms with Crippen LogP contribution in [0.3, 0.4) is 0 Å². The van der Waals surface area contributed by atoms with Crippen molar-refractivity contribution in [3.8, 4) is 0 Å². The second-order valence-electron chi connectivity index (χ2n) is 7.55. The smallest absolute Gasteiger partial charge is 0.220 e. The average Bonchev–Trinajstić information content (AvgIpc) is 2.54. The molecule has 1 saturated heterocycles. The molecule has 134 valence electrons. The Kier molecular flexibility index (Phi) is 4.67. The maximum Gasteiger partial charge on any atom is 0.220 e. The lowest BCUT2D eigenvalue weighted by Gasteiger charge is -2.52. The third kappa shape index (κ3) is 3.20. The molecule has 2 heterocycles. The van der Waals surface area contributed by atoms with Crippen molar-refractivity contribution in [2.24, 2.45) is 11.8 Å². The zero-order valence-electron chi connectivity index (χ0n) is 15.9. The van der Waals surface area contributed by atoms with Crippen molar-refractivity contribution in [2.75, 3.05) is 5.32 Å². The van der Waals surface area contributed by atoms with Crippen molar-refractivity contribution in [3.63, 3.8) is 0 Å². The Labute approximate surface area is 150 Å². The summed E-state index contributed by atoms with van der Waals surface area (Å²) in [7, 11) is 0. The number of carbonyl (C=O) groups excluding carboxylic acids is 1. The molecule has 1 aliphatic carbocycles. The fourth-order valence-corrected chi connectivity index (χ4v) is 4.31. The van der Waals surface area contributed by atoms with E-state index in [4.69, 9.17) is 0 Å². The molecule has 1 aromatic heterocycles. The predicted molar refractivity (Wildman–Crippen MR) is 100 cm³/mol. The molecule has 0 radical (unpaired) electrons. The molecule has 0 spiro atoms. The van der Waals surface area contributed by atoms with Crippen LogP contribution >= 0.6 is 0 Å². The number of rotatable bonds is 2. The molecule has 1 aliphatic heterocycles. The van der Waals surface area contributed by atoms with Crippen LogP contribution in [0, 0.1) is 18.8 Å². The van der Waals surface area contributed by atoms with Crippen LogP contribution in [0.15, 0.2) is 35.7 Å². The lowest BCUT2D eigenvalue weighted by molar-refractivity contribution is -0.136. The van der Waals surface area contributed by atoms with Crippen molar-refractivity contribution in [2.45, 2.75) is 59.7 Å². The summed E-state index contributed by atoms with van der Waals surface area (Å²) < 4.78 is 0. The zero-order chi connectivity index (χ0) is 18.3. The molecule has 25 heavy (non-hydrogen) atoms. The van der Waals surface area contributed by atoms with E-state index in [2.05, 4.69) is 60.0 Å². The van der Waals surface area contributed by atoms with Gasteiger partial charge in [0.2, 0.25) is 5.91 Å². The van der Waals surface area contributed by atoms with E-state index in [0.29, 0.717) is 5.92 Å². The van der Waals surface area contributed by atoms with E-state index in [-0.39, 0.29) is 30.0 Å². The van der Waals surface area contributed by atoms with Gasteiger partial charge in [-0.25, -0.2) is 4.98 Å². The molecule has 1 fully saturated rings. The zero-order valence-corrected chi connectivity index (χ0v) is 15.9. The van der Waals surface area contributed by atoms with Gasteiger partial charge < -0.3 is 10.2 Å². The van der Waals surface area contributed by atoms with Crippen LogP contribution in [0.4, 0.5) is 5.82 Å². The Morgan fingerprint density at radius 1 is 1.16 bits per heavy atom. The van der Waals surface area contributed by atoms with Gasteiger partial charge in [-0.05, 0) is 32.3 Å². The maximum absolute atomic E-state index is 12.4. The number of aromatic nitrogens is 2. The van der Waals surface area contributed by atoms with E-state index in [1.807, 2.05) is 6.92 Å². The highest BCUT2D eigenvalue weighted by Crippen LogP contribution is 2.40. The molecular weight excluding hydrogens is 312 g/mol. The van der Waals surface area contributed by atoms with Crippen molar-refractivity contribution >= 4 is 11.7 Å². The summed E-state index contributed by atoms with van der Waals surface area (Å²) in [5.41, 5.74) is 3.43. The lowest BCUT2D eigenvalue weighted by Crippen LogP contribution is -2.61. The minimum Gasteiger partial charge on any atom is -0.362 e. The summed E-state index contributed by atoms with van der Waals surface area (Å²) >= 11 is 0. The molecular formula is C20H28N4O. The molecule has 1 N–H and O–H groups in total. The number of piperidine rings is 1. The number of fused-ring (bicyclic) bond motifs is 1. The topological polar surface area (TPSA) is 58.1 Å². The van der Waals surface area contributed by atoms with Crippen LogP contribution in [-0.4, -0.2) is 38.9 Å². The highest BCUT2D eigenvalue weighted by molar-refractivity contribution is 5.75. The first-order chi connectivity index (χ1) is 11.8. The monoisotopic (exact) mass is 340 g/mol. The van der Waals surface area contributed by atoms with Gasteiger partial charge in [-0.15, -0.1) is 0 Å². The van der Waals surface area contributed by atoms with E-state index in [1.54, 1.807) is 19.3 Å². The van der Waals surface area contributed by atoms with E-state index in [0.717, 1.165) is 11.5 Å². The van der Waals surface area contributed by atoms with E-state index in [1.165, 1.54) is 11.1 Å². The Balaban J connectivity index is 2.00. The largest absolute Gasteiger partial charge is 0.362 e. The third-order valence-corrected chi connectivity index (χ3v) is 5.59. The molecule has 3 unspecified atom stereocenters. The molecule has 3 rings (SSSR count). The van der Waals surface area contributed by atoms with Gasteiger partial charge in [0.05, 0.1) is 30.2 Å². The number of amides is 1. The minimum atomic E-state index is 0.100. The van der Waals surface area contributed by atoms with Crippen LogP contribution in [-0.2, 0) is 4.79 Å². The Bertz CT molecular complexity index is 722. The highest BCUT2D eigenvalue weighted by atomic mass is 16.2. The normalized spacial score (nSPS) is 31.8. The SMILES string of the molecule is CC(=O)N1C2C(=CC(C)=CC2C)C(Nc2cnc(C)cn2)[C@@H](C)[C@@H]1C. The Morgan fingerprint density at radius 3 is 2.48 bits per heavy atom. The number of hydrogen-bond donors (Lipinski definition) is 1. The van der Waals surface area contributed by atoms with Gasteiger partial charge in [-0.3, -0.25) is 9.78 Å². The van der Waals surface area contributed by atoms with Crippen LogP contribution in [0.25, 0.3) is 0 Å². The lowest BCUT2D eigenvalue weighted by atomic mass is 9.72. The number of carbonyl (C=O) groups is 1. The molecule has 0 saturated carbocycles. The molecule has 5 atom stereocenters. The standard InChI is InChI=1S/C20H28N4O/c1-11-7-12(2)20-17(8-11)19(14(4)15(5)24(20)16(6)25)23-18-10-21-13(3)9-22-18/h7-10,12,14-15,19-20H,1-6H3,(H,22,23)/t12?,14-,15-,19?,20?/m0/s1. The van der Waals surface area contributed by atoms with Gasteiger partial charge in [-0.2, -0.15) is 0 Å². The van der Waals surface area contributed by atoms with Crippen LogP contribution in [0.5, 0.6) is 0 Å². The number of likely N-dealkylation sites (tertiary alicyclic amines) is 1. The van der Waals surface area contributed by atoms with Gasteiger partial charge in [0.15, 0.2) is 0 Å². The number of nitrogens with one attached hydrogen (secondary N) is 1. The Hall–Kier alpha value is -2.17. The fourth-order valence-electron chi connectivity index (χ4n) is 4.31. The number of aryl methyl sites for hydroxylation is 1. The van der Waals surface area contributed by atoms with Crippen molar-refractivity contribution < 1.29 is 4.79 Å². The number of nitrogens with zero attached hydrogens (tertiary/aromatic N) is 3. The number of allylic oxidation sites excluding steroid dienone is 2. The van der Waals surface area contributed by atoms with Gasteiger partial charge in [0, 0.05) is 18.9 Å². The van der Waals surface area contributed by atoms with E-state index in [9.17, 15) is 4.79 Å². The summed E-state index contributed by atoms with van der Waals surface area (Å²) in [5, 5.41) is 3.58. The van der Waals surface area contributed by atoms with Gasteiger partial charge in [-0.1, -0.05) is 31.6 Å². The summed E-state index contributed by atoms with van der Waals surface area (Å²) in [4.78, 5) is 23.2. The molecule has 0 aromatic carbocycles. The first-order valence-corrected chi connectivity index (χ1v) is 9.03. The third-order valence-electron chi connectivity index (χ3n) is 5.59. The van der Waals surface area contributed by atoms with Crippen LogP contribution < -0.4 is 5.32 Å². The molecule has 1 aromatic rings. The summed E-state index contributed by atoms with van der Waals surface area (Å²) in [6.07, 6.45) is 8.06. The second-order valence-corrected chi connectivity index (χ2v) is 7.55. The first kappa shape index (κ1) is 17.6. The minimum absolute atomic E-state index is 0.100. The summed E-state index contributed by atoms with van der Waals surface area (Å²) in [6.45, 7) is 12.3. The predicted octanol–water partition coefficient (Wildman–Crippen LogP) is 3.34. The Morgan fingerprint density at radius 2 is 1.88 bits per heavy atom. The van der Waals surface area contributed by atoms with Gasteiger partial charge >= 0.3 is 0 Å². The number of hydrogen-bond acceptors (Lipinski definition) is 4. The average molecular weight is 340 g/mol. The summed E-state index contributed by atoms with van der Waals surface area (Å²) in [6, 6.07) is 0.395. The molecule has 2 aliphatic rings. The van der Waals surface area contributed by atoms with Gasteiger partial charge in [0.25, 0.3) is 0 Å². The van der Waals surface area contributed by atoms with Crippen molar-refractivity contribution in [1.29, 1.82) is 0 Å². The van der Waals surface area contributed by atoms with E-state index < -0.39 is 0 Å². The second kappa shape index (κ2) is 6.62. The van der Waals surface area contributed by atoms with Crippen LogP contribution in [0.2, 0.25) is 0 Å². The molecule has 1 amide bonds. The molecule has 0 bridgehead atoms. The summed E-state index contributed by atoms with van der Waals surface area (Å²) in [5.74, 6) is 1.49.